The normalized spacial score (nSPS) is 10.3. The monoisotopic (exact) mass is 310 g/mol. The molecule has 0 spiro atoms. The molecule has 0 aliphatic rings. The third kappa shape index (κ3) is 3.15. The first-order valence-corrected chi connectivity index (χ1v) is 7.00. The molecule has 1 aromatic carbocycles. The van der Waals surface area contributed by atoms with Gasteiger partial charge in [-0.15, -0.1) is 11.3 Å². The fourth-order valence-corrected chi connectivity index (χ4v) is 2.69. The Labute approximate surface area is 124 Å². The summed E-state index contributed by atoms with van der Waals surface area (Å²) in [5, 5.41) is 15.6. The smallest absolute Gasteiger partial charge is 0.270 e. The van der Waals surface area contributed by atoms with Gasteiger partial charge in [-0.2, -0.15) is 0 Å². The molecule has 0 saturated carbocycles. The molecule has 0 aliphatic heterocycles. The minimum Gasteiger partial charge on any atom is -0.347 e. The number of nitro groups is 1. The van der Waals surface area contributed by atoms with Crippen LogP contribution in [-0.4, -0.2) is 10.8 Å². The van der Waals surface area contributed by atoms with E-state index in [1.54, 1.807) is 11.3 Å². The van der Waals surface area contributed by atoms with Gasteiger partial charge in [0, 0.05) is 17.0 Å². The minimum atomic E-state index is -0.559. The van der Waals surface area contributed by atoms with Crippen molar-refractivity contribution >= 4 is 34.5 Å². The number of nitro benzene ring substituents is 1. The fraction of sp³-hybridized carbons (Fsp3) is 0.154. The Morgan fingerprint density at radius 1 is 1.45 bits per heavy atom. The van der Waals surface area contributed by atoms with E-state index in [0.29, 0.717) is 6.54 Å². The number of non-ortho nitro benzene ring substituents is 1. The zero-order chi connectivity index (χ0) is 14.7. The van der Waals surface area contributed by atoms with Crippen LogP contribution < -0.4 is 5.32 Å². The average Bonchev–Trinajstić information content (AvgIpc) is 2.81. The zero-order valence-corrected chi connectivity index (χ0v) is 12.1. The third-order valence-electron chi connectivity index (χ3n) is 2.78. The molecular weight excluding hydrogens is 300 g/mol. The van der Waals surface area contributed by atoms with Crippen molar-refractivity contribution in [2.45, 2.75) is 13.5 Å². The van der Waals surface area contributed by atoms with Crippen LogP contribution >= 0.6 is 22.9 Å². The SMILES string of the molecule is Cc1ccsc1CNC(=O)c1cc([N+](=O)[O-])ccc1Cl. The van der Waals surface area contributed by atoms with Gasteiger partial charge < -0.3 is 5.32 Å². The predicted octanol–water partition coefficient (Wildman–Crippen LogP) is 3.55. The second-order valence-electron chi connectivity index (χ2n) is 4.13. The molecule has 0 saturated heterocycles. The summed E-state index contributed by atoms with van der Waals surface area (Å²) in [7, 11) is 0. The molecule has 7 heteroatoms. The highest BCUT2D eigenvalue weighted by molar-refractivity contribution is 7.10. The Morgan fingerprint density at radius 2 is 2.20 bits per heavy atom. The van der Waals surface area contributed by atoms with Crippen LogP contribution in [-0.2, 0) is 6.54 Å². The zero-order valence-electron chi connectivity index (χ0n) is 10.6. The van der Waals surface area contributed by atoms with Gasteiger partial charge >= 0.3 is 0 Å². The van der Waals surface area contributed by atoms with Gasteiger partial charge in [0.2, 0.25) is 0 Å². The van der Waals surface area contributed by atoms with Gasteiger partial charge in [0.05, 0.1) is 22.1 Å². The van der Waals surface area contributed by atoms with E-state index in [2.05, 4.69) is 5.32 Å². The molecule has 0 radical (unpaired) electrons. The number of nitrogens with one attached hydrogen (secondary N) is 1. The van der Waals surface area contributed by atoms with Crippen LogP contribution in [0.1, 0.15) is 20.8 Å². The number of benzene rings is 1. The number of rotatable bonds is 4. The Hall–Kier alpha value is -1.92. The molecule has 1 aromatic heterocycles. The predicted molar refractivity (Wildman–Crippen MR) is 78.3 cm³/mol. The van der Waals surface area contributed by atoms with Crippen molar-refractivity contribution < 1.29 is 9.72 Å². The minimum absolute atomic E-state index is 0.107. The van der Waals surface area contributed by atoms with Gasteiger partial charge in [-0.25, -0.2) is 0 Å². The topological polar surface area (TPSA) is 72.2 Å². The number of amides is 1. The van der Waals surface area contributed by atoms with Gasteiger partial charge in [-0.05, 0) is 30.0 Å². The van der Waals surface area contributed by atoms with Crippen molar-refractivity contribution in [2.24, 2.45) is 0 Å². The van der Waals surface area contributed by atoms with E-state index in [0.717, 1.165) is 10.4 Å². The van der Waals surface area contributed by atoms with Crippen LogP contribution in [0.2, 0.25) is 5.02 Å². The Kier molecular flexibility index (Phi) is 4.36. The van der Waals surface area contributed by atoms with E-state index in [4.69, 9.17) is 11.6 Å². The summed E-state index contributed by atoms with van der Waals surface area (Å²) >= 11 is 7.45. The maximum Gasteiger partial charge on any atom is 0.270 e. The lowest BCUT2D eigenvalue weighted by molar-refractivity contribution is -0.384. The average molecular weight is 311 g/mol. The molecule has 2 aromatic rings. The standard InChI is InChI=1S/C13H11ClN2O3S/c1-8-4-5-20-12(8)7-15-13(17)10-6-9(16(18)19)2-3-11(10)14/h2-6H,7H2,1H3,(H,15,17). The van der Waals surface area contributed by atoms with E-state index in [9.17, 15) is 14.9 Å². The number of hydrogen-bond donors (Lipinski definition) is 1. The molecule has 5 nitrogen and oxygen atoms in total. The van der Waals surface area contributed by atoms with E-state index in [-0.39, 0.29) is 16.3 Å². The molecule has 1 heterocycles. The van der Waals surface area contributed by atoms with Crippen molar-refractivity contribution in [3.63, 3.8) is 0 Å². The summed E-state index contributed by atoms with van der Waals surface area (Å²) in [6, 6.07) is 5.76. The van der Waals surface area contributed by atoms with Gasteiger partial charge in [-0.3, -0.25) is 14.9 Å². The van der Waals surface area contributed by atoms with E-state index in [1.165, 1.54) is 18.2 Å². The summed E-state index contributed by atoms with van der Waals surface area (Å²) in [6.07, 6.45) is 0. The number of carbonyl (C=O) groups is 1. The number of nitrogens with zero attached hydrogens (tertiary/aromatic N) is 1. The summed E-state index contributed by atoms with van der Waals surface area (Å²) in [4.78, 5) is 23.2. The van der Waals surface area contributed by atoms with Crippen LogP contribution in [0, 0.1) is 17.0 Å². The van der Waals surface area contributed by atoms with Gasteiger partial charge in [0.15, 0.2) is 0 Å². The molecule has 0 fully saturated rings. The van der Waals surface area contributed by atoms with Crippen molar-refractivity contribution in [2.75, 3.05) is 0 Å². The van der Waals surface area contributed by atoms with Gasteiger partial charge in [0.25, 0.3) is 11.6 Å². The molecular formula is C13H11ClN2O3S. The van der Waals surface area contributed by atoms with Gasteiger partial charge in [-0.1, -0.05) is 11.6 Å². The quantitative estimate of drug-likeness (QED) is 0.693. The van der Waals surface area contributed by atoms with Crippen molar-refractivity contribution in [3.05, 3.63) is 60.8 Å². The second-order valence-corrected chi connectivity index (χ2v) is 5.54. The third-order valence-corrected chi connectivity index (χ3v) is 4.14. The highest BCUT2D eigenvalue weighted by Gasteiger charge is 2.15. The van der Waals surface area contributed by atoms with Crippen LogP contribution in [0.25, 0.3) is 0 Å². The molecule has 0 atom stereocenters. The molecule has 20 heavy (non-hydrogen) atoms. The van der Waals surface area contributed by atoms with E-state index < -0.39 is 10.8 Å². The summed E-state index contributed by atoms with van der Waals surface area (Å²) in [5.74, 6) is -0.425. The highest BCUT2D eigenvalue weighted by atomic mass is 35.5. The number of aryl methyl sites for hydroxylation is 1. The van der Waals surface area contributed by atoms with Crippen molar-refractivity contribution in [1.29, 1.82) is 0 Å². The lowest BCUT2D eigenvalue weighted by Crippen LogP contribution is -2.23. The Balaban J connectivity index is 2.15. The summed E-state index contributed by atoms with van der Waals surface area (Å²) in [6.45, 7) is 2.33. The van der Waals surface area contributed by atoms with Crippen LogP contribution in [0.4, 0.5) is 5.69 Å². The van der Waals surface area contributed by atoms with E-state index >= 15 is 0 Å². The highest BCUT2D eigenvalue weighted by Crippen LogP contribution is 2.22. The number of thiophene rings is 1. The van der Waals surface area contributed by atoms with Gasteiger partial charge in [0.1, 0.15) is 0 Å². The number of halogens is 1. The Morgan fingerprint density at radius 3 is 2.80 bits per heavy atom. The molecule has 104 valence electrons. The van der Waals surface area contributed by atoms with Crippen molar-refractivity contribution in [1.82, 2.24) is 5.32 Å². The summed E-state index contributed by atoms with van der Waals surface area (Å²) in [5.41, 5.74) is 1.04. The number of hydrogen-bond acceptors (Lipinski definition) is 4. The van der Waals surface area contributed by atoms with Crippen molar-refractivity contribution in [3.8, 4) is 0 Å². The molecule has 1 N–H and O–H groups in total. The maximum atomic E-state index is 12.0. The fourth-order valence-electron chi connectivity index (χ4n) is 1.64. The molecule has 0 unspecified atom stereocenters. The molecule has 0 aliphatic carbocycles. The first-order valence-electron chi connectivity index (χ1n) is 5.74. The lowest BCUT2D eigenvalue weighted by Gasteiger charge is -2.06. The molecule has 1 amide bonds. The maximum absolute atomic E-state index is 12.0. The largest absolute Gasteiger partial charge is 0.347 e. The molecule has 0 bridgehead atoms. The second kappa shape index (κ2) is 6.02. The summed E-state index contributed by atoms with van der Waals surface area (Å²) < 4.78 is 0. The molecule has 2 rings (SSSR count). The Bertz CT molecular complexity index is 669. The number of carbonyl (C=O) groups excluding carboxylic acids is 1. The van der Waals surface area contributed by atoms with Crippen LogP contribution in [0.15, 0.2) is 29.6 Å². The van der Waals surface area contributed by atoms with E-state index in [1.807, 2.05) is 18.4 Å². The first kappa shape index (κ1) is 14.5. The van der Waals surface area contributed by atoms with Crippen LogP contribution in [0.5, 0.6) is 0 Å². The van der Waals surface area contributed by atoms with Crippen LogP contribution in [0.3, 0.4) is 0 Å². The lowest BCUT2D eigenvalue weighted by atomic mass is 10.2. The first-order chi connectivity index (χ1) is 9.49.